The lowest BCUT2D eigenvalue weighted by Crippen LogP contribution is -2.26. The average Bonchev–Trinajstić information content (AvgIpc) is 2.24. The summed E-state index contributed by atoms with van der Waals surface area (Å²) in [5.41, 5.74) is 2.64. The van der Waals surface area contributed by atoms with Gasteiger partial charge in [-0.25, -0.2) is 0 Å². The van der Waals surface area contributed by atoms with Crippen LogP contribution in [-0.4, -0.2) is 6.04 Å². The Morgan fingerprint density at radius 1 is 1.27 bits per heavy atom. The van der Waals surface area contributed by atoms with Crippen molar-refractivity contribution in [2.75, 3.05) is 0 Å². The van der Waals surface area contributed by atoms with E-state index in [1.165, 1.54) is 28.4 Å². The van der Waals surface area contributed by atoms with E-state index in [1.54, 1.807) is 0 Å². The SMILES string of the molecule is CCC(CC)NCc1ccc(C)c(Br)c1. The number of halogens is 1. The van der Waals surface area contributed by atoms with Crippen molar-refractivity contribution in [1.82, 2.24) is 5.32 Å². The molecule has 2 heteroatoms. The number of aryl methyl sites for hydroxylation is 1. The van der Waals surface area contributed by atoms with Crippen LogP contribution < -0.4 is 5.32 Å². The Morgan fingerprint density at radius 3 is 2.47 bits per heavy atom. The molecule has 0 radical (unpaired) electrons. The predicted molar refractivity (Wildman–Crippen MR) is 70.1 cm³/mol. The van der Waals surface area contributed by atoms with Gasteiger partial charge in [0, 0.05) is 17.1 Å². The van der Waals surface area contributed by atoms with Crippen molar-refractivity contribution >= 4 is 15.9 Å². The molecule has 1 rings (SSSR count). The summed E-state index contributed by atoms with van der Waals surface area (Å²) in [6.45, 7) is 7.53. The molecule has 0 amide bonds. The fraction of sp³-hybridized carbons (Fsp3) is 0.538. The first-order chi connectivity index (χ1) is 7.17. The predicted octanol–water partition coefficient (Wildman–Crippen LogP) is 4.04. The minimum absolute atomic E-state index is 0.644. The largest absolute Gasteiger partial charge is 0.310 e. The van der Waals surface area contributed by atoms with Gasteiger partial charge in [0.05, 0.1) is 0 Å². The quantitative estimate of drug-likeness (QED) is 0.851. The maximum Gasteiger partial charge on any atom is 0.0208 e. The summed E-state index contributed by atoms with van der Waals surface area (Å²) >= 11 is 3.56. The molecule has 0 aliphatic heterocycles. The summed E-state index contributed by atoms with van der Waals surface area (Å²) in [7, 11) is 0. The second-order valence-corrected chi connectivity index (χ2v) is 4.83. The van der Waals surface area contributed by atoms with E-state index in [-0.39, 0.29) is 0 Å². The lowest BCUT2D eigenvalue weighted by atomic mass is 10.1. The molecule has 1 aromatic carbocycles. The Labute approximate surface area is 101 Å². The number of nitrogens with one attached hydrogen (secondary N) is 1. The molecular weight excluding hydrogens is 250 g/mol. The molecule has 0 aliphatic carbocycles. The molecule has 1 N–H and O–H groups in total. The third-order valence-corrected chi connectivity index (χ3v) is 3.67. The summed E-state index contributed by atoms with van der Waals surface area (Å²) in [4.78, 5) is 0. The highest BCUT2D eigenvalue weighted by Crippen LogP contribution is 2.17. The Morgan fingerprint density at radius 2 is 1.93 bits per heavy atom. The molecule has 0 atom stereocenters. The molecule has 1 aromatic rings. The zero-order chi connectivity index (χ0) is 11.3. The highest BCUT2D eigenvalue weighted by Gasteiger charge is 2.03. The van der Waals surface area contributed by atoms with Gasteiger partial charge in [-0.1, -0.05) is 41.9 Å². The first kappa shape index (κ1) is 12.7. The molecular formula is C13H20BrN. The van der Waals surface area contributed by atoms with Gasteiger partial charge in [0.2, 0.25) is 0 Å². The van der Waals surface area contributed by atoms with Crippen molar-refractivity contribution < 1.29 is 0 Å². The molecule has 15 heavy (non-hydrogen) atoms. The zero-order valence-corrected chi connectivity index (χ0v) is 11.4. The van der Waals surface area contributed by atoms with Crippen LogP contribution in [0.1, 0.15) is 37.8 Å². The molecule has 0 saturated carbocycles. The maximum atomic E-state index is 3.56. The van der Waals surface area contributed by atoms with Crippen molar-refractivity contribution in [3.8, 4) is 0 Å². The van der Waals surface area contributed by atoms with Crippen LogP contribution in [0.2, 0.25) is 0 Å². The summed E-state index contributed by atoms with van der Waals surface area (Å²) in [5.74, 6) is 0. The van der Waals surface area contributed by atoms with Crippen molar-refractivity contribution in [1.29, 1.82) is 0 Å². The van der Waals surface area contributed by atoms with Gasteiger partial charge in [0.15, 0.2) is 0 Å². The summed E-state index contributed by atoms with van der Waals surface area (Å²) in [6.07, 6.45) is 2.40. The highest BCUT2D eigenvalue weighted by atomic mass is 79.9. The van der Waals surface area contributed by atoms with E-state index in [0.717, 1.165) is 6.54 Å². The number of benzene rings is 1. The fourth-order valence-corrected chi connectivity index (χ4v) is 2.01. The van der Waals surface area contributed by atoms with E-state index < -0.39 is 0 Å². The van der Waals surface area contributed by atoms with E-state index in [9.17, 15) is 0 Å². The molecule has 0 unspecified atom stereocenters. The minimum Gasteiger partial charge on any atom is -0.310 e. The van der Waals surface area contributed by atoms with Crippen LogP contribution in [0.4, 0.5) is 0 Å². The maximum absolute atomic E-state index is 3.56. The third-order valence-electron chi connectivity index (χ3n) is 2.82. The first-order valence-electron chi connectivity index (χ1n) is 5.65. The van der Waals surface area contributed by atoms with Crippen LogP contribution in [0.25, 0.3) is 0 Å². The smallest absolute Gasteiger partial charge is 0.0208 e. The van der Waals surface area contributed by atoms with Gasteiger partial charge in [0.25, 0.3) is 0 Å². The van der Waals surface area contributed by atoms with Gasteiger partial charge >= 0.3 is 0 Å². The number of hydrogen-bond donors (Lipinski definition) is 1. The Hall–Kier alpha value is -0.340. The molecule has 0 spiro atoms. The van der Waals surface area contributed by atoms with Crippen molar-refractivity contribution in [2.24, 2.45) is 0 Å². The second kappa shape index (κ2) is 6.29. The molecule has 1 nitrogen and oxygen atoms in total. The third kappa shape index (κ3) is 3.96. The lowest BCUT2D eigenvalue weighted by molar-refractivity contribution is 0.484. The average molecular weight is 270 g/mol. The Bertz CT molecular complexity index is 305. The van der Waals surface area contributed by atoms with E-state index >= 15 is 0 Å². The van der Waals surface area contributed by atoms with Crippen LogP contribution in [-0.2, 0) is 6.54 Å². The number of rotatable bonds is 5. The normalized spacial score (nSPS) is 11.0. The summed E-state index contributed by atoms with van der Waals surface area (Å²) in [5, 5.41) is 3.56. The Kier molecular flexibility index (Phi) is 5.34. The molecule has 0 aliphatic rings. The molecule has 0 fully saturated rings. The molecule has 0 saturated heterocycles. The highest BCUT2D eigenvalue weighted by molar-refractivity contribution is 9.10. The van der Waals surface area contributed by atoms with Gasteiger partial charge in [-0.3, -0.25) is 0 Å². The second-order valence-electron chi connectivity index (χ2n) is 3.98. The summed E-state index contributed by atoms with van der Waals surface area (Å²) in [6, 6.07) is 7.19. The van der Waals surface area contributed by atoms with Gasteiger partial charge < -0.3 is 5.32 Å². The number of hydrogen-bond acceptors (Lipinski definition) is 1. The van der Waals surface area contributed by atoms with E-state index in [0.29, 0.717) is 6.04 Å². The van der Waals surface area contributed by atoms with Gasteiger partial charge in [0.1, 0.15) is 0 Å². The first-order valence-corrected chi connectivity index (χ1v) is 6.45. The van der Waals surface area contributed by atoms with Crippen molar-refractivity contribution in [3.63, 3.8) is 0 Å². The van der Waals surface area contributed by atoms with E-state index in [2.05, 4.69) is 60.2 Å². The van der Waals surface area contributed by atoms with Crippen LogP contribution in [0.3, 0.4) is 0 Å². The van der Waals surface area contributed by atoms with Crippen molar-refractivity contribution in [3.05, 3.63) is 33.8 Å². The van der Waals surface area contributed by atoms with Gasteiger partial charge in [-0.15, -0.1) is 0 Å². The standard InChI is InChI=1S/C13H20BrN/c1-4-12(5-2)15-9-11-7-6-10(3)13(14)8-11/h6-8,12,15H,4-5,9H2,1-3H3. The van der Waals surface area contributed by atoms with Crippen LogP contribution in [0.15, 0.2) is 22.7 Å². The zero-order valence-electron chi connectivity index (χ0n) is 9.81. The van der Waals surface area contributed by atoms with Crippen LogP contribution in [0, 0.1) is 6.92 Å². The van der Waals surface area contributed by atoms with Crippen molar-refractivity contribution in [2.45, 2.75) is 46.2 Å². The van der Waals surface area contributed by atoms with Crippen LogP contribution >= 0.6 is 15.9 Å². The minimum atomic E-state index is 0.644. The molecule has 0 bridgehead atoms. The fourth-order valence-electron chi connectivity index (χ4n) is 1.59. The van der Waals surface area contributed by atoms with Crippen LogP contribution in [0.5, 0.6) is 0 Å². The molecule has 0 heterocycles. The Balaban J connectivity index is 2.54. The summed E-state index contributed by atoms with van der Waals surface area (Å²) < 4.78 is 1.20. The van der Waals surface area contributed by atoms with Gasteiger partial charge in [-0.2, -0.15) is 0 Å². The van der Waals surface area contributed by atoms with E-state index in [4.69, 9.17) is 0 Å². The lowest BCUT2D eigenvalue weighted by Gasteiger charge is -2.14. The molecule has 0 aromatic heterocycles. The molecule has 84 valence electrons. The van der Waals surface area contributed by atoms with E-state index in [1.807, 2.05) is 0 Å². The topological polar surface area (TPSA) is 12.0 Å². The monoisotopic (exact) mass is 269 g/mol. The van der Waals surface area contributed by atoms with Gasteiger partial charge in [-0.05, 0) is 37.0 Å².